The molecule has 9 rings (SSSR count). The summed E-state index contributed by atoms with van der Waals surface area (Å²) in [7, 11) is 0. The molecule has 3 heteroatoms. The molecule has 0 aliphatic heterocycles. The quantitative estimate of drug-likeness (QED) is 0.183. The van der Waals surface area contributed by atoms with Gasteiger partial charge >= 0.3 is 0 Å². The molecule has 0 aliphatic rings. The largest absolute Gasteiger partial charge is 0.454 e. The summed E-state index contributed by atoms with van der Waals surface area (Å²) < 4.78 is 7.76. The first-order chi connectivity index (χ1) is 21.3. The van der Waals surface area contributed by atoms with Gasteiger partial charge in [-0.3, -0.25) is 0 Å². The first kappa shape index (κ1) is 24.5. The number of fused-ring (bicyclic) bond motifs is 3. The fourth-order valence-corrected chi connectivity index (χ4v) is 7.24. The highest BCUT2D eigenvalue weighted by Crippen LogP contribution is 2.49. The number of para-hydroxylation sites is 3. The second-order valence-corrected chi connectivity index (χ2v) is 11.9. The number of benzene rings is 8. The Kier molecular flexibility index (Phi) is 5.38. The molecule has 0 aliphatic carbocycles. The Hall–Kier alpha value is -5.12. The van der Waals surface area contributed by atoms with Crippen LogP contribution in [0.25, 0.3) is 65.4 Å². The van der Waals surface area contributed by atoms with Crippen molar-refractivity contribution in [2.24, 2.45) is 0 Å². The number of anilines is 3. The highest BCUT2D eigenvalue weighted by Gasteiger charge is 2.24. The lowest BCUT2D eigenvalue weighted by atomic mass is 9.92. The lowest BCUT2D eigenvalue weighted by Gasteiger charge is -2.29. The second-order valence-electron chi connectivity index (χ2n) is 11.0. The van der Waals surface area contributed by atoms with E-state index < -0.39 is 0 Å². The molecule has 9 aromatic rings. The van der Waals surface area contributed by atoms with E-state index in [1.165, 1.54) is 37.9 Å². The fourth-order valence-electron chi connectivity index (χ4n) is 6.77. The third-order valence-electron chi connectivity index (χ3n) is 8.68. The van der Waals surface area contributed by atoms with Crippen LogP contribution in [0.15, 0.2) is 154 Å². The lowest BCUT2D eigenvalue weighted by Crippen LogP contribution is -2.12. The summed E-state index contributed by atoms with van der Waals surface area (Å²) in [5, 5.41) is 9.68. The summed E-state index contributed by atoms with van der Waals surface area (Å²) in [6, 6.07) is 52.0. The van der Waals surface area contributed by atoms with Crippen LogP contribution in [0.2, 0.25) is 0 Å². The number of hydrogen-bond acceptors (Lipinski definition) is 2. The Labute approximate surface area is 256 Å². The first-order valence-corrected chi connectivity index (χ1v) is 15.3. The molecule has 8 aromatic carbocycles. The van der Waals surface area contributed by atoms with E-state index in [9.17, 15) is 0 Å². The van der Waals surface area contributed by atoms with Crippen LogP contribution in [0.3, 0.4) is 0 Å². The molecular formula is C40H24BrNO. The van der Waals surface area contributed by atoms with Crippen molar-refractivity contribution in [3.8, 4) is 11.1 Å². The van der Waals surface area contributed by atoms with Crippen molar-refractivity contribution >= 4 is 87.2 Å². The van der Waals surface area contributed by atoms with Gasteiger partial charge in [0.25, 0.3) is 0 Å². The molecule has 0 N–H and O–H groups in total. The zero-order valence-electron chi connectivity index (χ0n) is 23.1. The molecule has 43 heavy (non-hydrogen) atoms. The van der Waals surface area contributed by atoms with Crippen molar-refractivity contribution in [2.75, 3.05) is 4.90 Å². The van der Waals surface area contributed by atoms with Crippen molar-refractivity contribution in [1.82, 2.24) is 0 Å². The van der Waals surface area contributed by atoms with Crippen LogP contribution in [0, 0.1) is 0 Å². The van der Waals surface area contributed by atoms with Gasteiger partial charge in [-0.1, -0.05) is 131 Å². The molecular weight excluding hydrogens is 590 g/mol. The van der Waals surface area contributed by atoms with E-state index in [-0.39, 0.29) is 0 Å². The van der Waals surface area contributed by atoms with Gasteiger partial charge in [0, 0.05) is 26.2 Å². The maximum atomic E-state index is 6.65. The molecule has 0 fully saturated rings. The standard InChI is InChI=1S/C40H24BrNO/c41-33-23-19-26-18-22-32-35(24-20-27-17-21-31(33)38(26)39(27)32)42(34-14-6-4-11-28(34)25-9-2-1-3-10-25)36-15-8-13-30-29-12-5-7-16-37(29)43-40(30)36/h1-24H. The average Bonchev–Trinajstić information content (AvgIpc) is 3.45. The molecule has 1 aromatic heterocycles. The van der Waals surface area contributed by atoms with Crippen LogP contribution in [0.4, 0.5) is 17.1 Å². The van der Waals surface area contributed by atoms with Gasteiger partial charge in [-0.2, -0.15) is 0 Å². The zero-order valence-corrected chi connectivity index (χ0v) is 24.7. The summed E-state index contributed by atoms with van der Waals surface area (Å²) >= 11 is 3.82. The van der Waals surface area contributed by atoms with E-state index >= 15 is 0 Å². The molecule has 0 unspecified atom stereocenters. The van der Waals surface area contributed by atoms with E-state index in [0.29, 0.717) is 0 Å². The third-order valence-corrected chi connectivity index (χ3v) is 9.37. The smallest absolute Gasteiger partial charge is 0.159 e. The number of nitrogens with zero attached hydrogens (tertiary/aromatic N) is 1. The van der Waals surface area contributed by atoms with E-state index in [4.69, 9.17) is 4.42 Å². The number of rotatable bonds is 4. The van der Waals surface area contributed by atoms with Crippen LogP contribution in [-0.4, -0.2) is 0 Å². The third kappa shape index (κ3) is 3.65. The van der Waals surface area contributed by atoms with Crippen molar-refractivity contribution in [3.05, 3.63) is 150 Å². The predicted molar refractivity (Wildman–Crippen MR) is 185 cm³/mol. The summed E-state index contributed by atoms with van der Waals surface area (Å²) in [4.78, 5) is 2.40. The van der Waals surface area contributed by atoms with Gasteiger partial charge in [0.1, 0.15) is 5.58 Å². The van der Waals surface area contributed by atoms with E-state index in [1.807, 2.05) is 6.07 Å². The first-order valence-electron chi connectivity index (χ1n) is 14.5. The highest BCUT2D eigenvalue weighted by molar-refractivity contribution is 9.10. The van der Waals surface area contributed by atoms with Crippen LogP contribution in [0.1, 0.15) is 0 Å². The number of halogens is 1. The molecule has 0 saturated heterocycles. The van der Waals surface area contributed by atoms with E-state index in [2.05, 4.69) is 160 Å². The number of hydrogen-bond donors (Lipinski definition) is 0. The van der Waals surface area contributed by atoms with Gasteiger partial charge in [0.2, 0.25) is 0 Å². The molecule has 2 nitrogen and oxygen atoms in total. The van der Waals surface area contributed by atoms with Gasteiger partial charge in [-0.25, -0.2) is 0 Å². The topological polar surface area (TPSA) is 16.4 Å². The molecule has 202 valence electrons. The minimum Gasteiger partial charge on any atom is -0.454 e. The Bertz CT molecular complexity index is 2480. The maximum Gasteiger partial charge on any atom is 0.159 e. The van der Waals surface area contributed by atoms with Gasteiger partial charge in [-0.05, 0) is 62.8 Å². The molecule has 0 bridgehead atoms. The average molecular weight is 615 g/mol. The summed E-state index contributed by atoms with van der Waals surface area (Å²) in [6.07, 6.45) is 0. The Balaban J connectivity index is 1.43. The summed E-state index contributed by atoms with van der Waals surface area (Å²) in [5.74, 6) is 0. The van der Waals surface area contributed by atoms with Crippen molar-refractivity contribution in [3.63, 3.8) is 0 Å². The summed E-state index contributed by atoms with van der Waals surface area (Å²) in [6.45, 7) is 0. The van der Waals surface area contributed by atoms with Gasteiger partial charge in [0.05, 0.1) is 17.1 Å². The lowest BCUT2D eigenvalue weighted by molar-refractivity contribution is 0.669. The van der Waals surface area contributed by atoms with Crippen LogP contribution in [0.5, 0.6) is 0 Å². The second kappa shape index (κ2) is 9.45. The summed E-state index contributed by atoms with van der Waals surface area (Å²) in [5.41, 5.74) is 7.30. The van der Waals surface area contributed by atoms with Crippen molar-refractivity contribution in [2.45, 2.75) is 0 Å². The Morgan fingerprint density at radius 2 is 1.09 bits per heavy atom. The maximum absolute atomic E-state index is 6.65. The Morgan fingerprint density at radius 3 is 1.98 bits per heavy atom. The van der Waals surface area contributed by atoms with Crippen molar-refractivity contribution < 1.29 is 4.42 Å². The highest BCUT2D eigenvalue weighted by atomic mass is 79.9. The van der Waals surface area contributed by atoms with Crippen LogP contribution in [-0.2, 0) is 0 Å². The molecule has 0 radical (unpaired) electrons. The van der Waals surface area contributed by atoms with Crippen LogP contribution < -0.4 is 4.90 Å². The SMILES string of the molecule is Brc1ccc2ccc3c(N(c4ccccc4-c4ccccc4)c4cccc5c4oc4ccccc45)ccc4ccc1c2c43. The fraction of sp³-hybridized carbons (Fsp3) is 0. The number of furan rings is 1. The molecule has 0 saturated carbocycles. The zero-order chi connectivity index (χ0) is 28.5. The van der Waals surface area contributed by atoms with Crippen LogP contribution >= 0.6 is 15.9 Å². The molecule has 0 spiro atoms. The molecule has 0 atom stereocenters. The van der Waals surface area contributed by atoms with Gasteiger partial charge in [-0.15, -0.1) is 0 Å². The molecule has 0 amide bonds. The molecule has 1 heterocycles. The minimum absolute atomic E-state index is 0.875. The normalized spacial score (nSPS) is 11.8. The minimum atomic E-state index is 0.875. The Morgan fingerprint density at radius 1 is 0.442 bits per heavy atom. The predicted octanol–water partition coefficient (Wildman–Crippen LogP) is 12.4. The van der Waals surface area contributed by atoms with E-state index in [1.54, 1.807) is 0 Å². The van der Waals surface area contributed by atoms with Gasteiger partial charge < -0.3 is 9.32 Å². The van der Waals surface area contributed by atoms with Gasteiger partial charge in [0.15, 0.2) is 5.58 Å². The monoisotopic (exact) mass is 613 g/mol. The van der Waals surface area contributed by atoms with E-state index in [0.717, 1.165) is 49.0 Å². The van der Waals surface area contributed by atoms with Crippen molar-refractivity contribution in [1.29, 1.82) is 0 Å².